The second-order valence-electron chi connectivity index (χ2n) is 3.90. The minimum atomic E-state index is 0.862. The van der Waals surface area contributed by atoms with E-state index in [2.05, 4.69) is 27.5 Å². The average Bonchev–Trinajstić information content (AvgIpc) is 2.55. The second-order valence-corrected chi connectivity index (χ2v) is 3.90. The summed E-state index contributed by atoms with van der Waals surface area (Å²) in [5.41, 5.74) is 2.16. The molecule has 0 amide bonds. The van der Waals surface area contributed by atoms with Crippen LogP contribution in [0.5, 0.6) is 0 Å². The summed E-state index contributed by atoms with van der Waals surface area (Å²) in [6.07, 6.45) is 2.00. The lowest BCUT2D eigenvalue weighted by atomic mass is 10.2. The van der Waals surface area contributed by atoms with Crippen LogP contribution >= 0.6 is 0 Å². The number of aryl methyl sites for hydroxylation is 1. The van der Waals surface area contributed by atoms with Crippen LogP contribution in [-0.2, 0) is 7.05 Å². The number of aromatic nitrogens is 2. The monoisotopic (exact) mass is 212 g/mol. The zero-order valence-corrected chi connectivity index (χ0v) is 9.23. The van der Waals surface area contributed by atoms with Gasteiger partial charge in [-0.15, -0.1) is 0 Å². The van der Waals surface area contributed by atoms with Crippen molar-refractivity contribution in [3.8, 4) is 0 Å². The van der Waals surface area contributed by atoms with E-state index in [4.69, 9.17) is 0 Å². The van der Waals surface area contributed by atoms with Gasteiger partial charge in [0.15, 0.2) is 5.82 Å². The Hall–Kier alpha value is -2.10. The number of benzene rings is 1. The molecular weight excluding hydrogens is 200 g/mol. The maximum atomic E-state index is 4.43. The molecule has 0 atom stereocenters. The van der Waals surface area contributed by atoms with Crippen LogP contribution in [0.15, 0.2) is 41.2 Å². The summed E-state index contributed by atoms with van der Waals surface area (Å²) in [6, 6.07) is 8.13. The van der Waals surface area contributed by atoms with Crippen molar-refractivity contribution in [1.82, 2.24) is 9.78 Å². The predicted molar refractivity (Wildman–Crippen MR) is 65.5 cm³/mol. The molecule has 2 heterocycles. The van der Waals surface area contributed by atoms with E-state index in [0.717, 1.165) is 28.3 Å². The van der Waals surface area contributed by atoms with E-state index < -0.39 is 0 Å². The van der Waals surface area contributed by atoms with Crippen LogP contribution in [0.25, 0.3) is 10.9 Å². The normalized spacial score (nSPS) is 14.4. The van der Waals surface area contributed by atoms with Crippen molar-refractivity contribution in [1.29, 1.82) is 0 Å². The molecule has 0 unspecified atom stereocenters. The molecule has 80 valence electrons. The van der Waals surface area contributed by atoms with Gasteiger partial charge in [-0.05, 0) is 19.1 Å². The van der Waals surface area contributed by atoms with Crippen molar-refractivity contribution in [2.45, 2.75) is 6.92 Å². The molecule has 4 nitrogen and oxygen atoms in total. The number of hydrogen-bond acceptors (Lipinski definition) is 3. The van der Waals surface area contributed by atoms with Gasteiger partial charge in [-0.3, -0.25) is 4.68 Å². The van der Waals surface area contributed by atoms with Gasteiger partial charge in [-0.25, -0.2) is 4.99 Å². The van der Waals surface area contributed by atoms with E-state index in [1.165, 1.54) is 0 Å². The molecule has 2 aromatic rings. The lowest BCUT2D eigenvalue weighted by molar-refractivity contribution is 0.799. The smallest absolute Gasteiger partial charge is 0.161 e. The number of nitrogens with one attached hydrogen (secondary N) is 1. The molecular formula is C12H12N4. The first-order chi connectivity index (χ1) is 7.74. The number of hydrogen-bond donors (Lipinski definition) is 1. The molecule has 1 aliphatic heterocycles. The van der Waals surface area contributed by atoms with Crippen molar-refractivity contribution in [3.63, 3.8) is 0 Å². The second kappa shape index (κ2) is 3.20. The van der Waals surface area contributed by atoms with E-state index in [1.807, 2.05) is 36.9 Å². The van der Waals surface area contributed by atoms with E-state index in [1.54, 1.807) is 0 Å². The fraction of sp³-hybridized carbons (Fsp3) is 0.167. The van der Waals surface area contributed by atoms with Gasteiger partial charge in [-0.2, -0.15) is 5.10 Å². The third-order valence-electron chi connectivity index (χ3n) is 2.65. The molecule has 1 aromatic heterocycles. The third-order valence-corrected chi connectivity index (χ3v) is 2.65. The first-order valence-electron chi connectivity index (χ1n) is 5.20. The van der Waals surface area contributed by atoms with Gasteiger partial charge in [0.25, 0.3) is 0 Å². The van der Waals surface area contributed by atoms with Crippen molar-refractivity contribution in [2.24, 2.45) is 12.0 Å². The molecule has 0 bridgehead atoms. The zero-order chi connectivity index (χ0) is 11.1. The Labute approximate surface area is 93.3 Å². The van der Waals surface area contributed by atoms with E-state index in [9.17, 15) is 0 Å². The Morgan fingerprint density at radius 1 is 1.25 bits per heavy atom. The maximum absolute atomic E-state index is 4.43. The molecule has 0 aliphatic carbocycles. The summed E-state index contributed by atoms with van der Waals surface area (Å²) in [7, 11) is 1.94. The lowest BCUT2D eigenvalue weighted by Crippen LogP contribution is -2.09. The summed E-state index contributed by atoms with van der Waals surface area (Å²) in [5, 5.41) is 8.76. The zero-order valence-electron chi connectivity index (χ0n) is 9.23. The fourth-order valence-electron chi connectivity index (χ4n) is 1.88. The molecule has 0 saturated heterocycles. The summed E-state index contributed by atoms with van der Waals surface area (Å²) >= 11 is 0. The van der Waals surface area contributed by atoms with Crippen LogP contribution in [0.3, 0.4) is 0 Å². The van der Waals surface area contributed by atoms with Gasteiger partial charge >= 0.3 is 0 Å². The highest BCUT2D eigenvalue weighted by Gasteiger charge is 2.11. The number of anilines is 1. The number of nitrogens with zero attached hydrogens (tertiary/aromatic N) is 3. The predicted octanol–water partition coefficient (Wildman–Crippen LogP) is 2.30. The molecule has 3 rings (SSSR count). The highest BCUT2D eigenvalue weighted by atomic mass is 15.3. The molecule has 0 saturated carbocycles. The summed E-state index contributed by atoms with van der Waals surface area (Å²) in [4.78, 5) is 4.25. The first-order valence-corrected chi connectivity index (χ1v) is 5.20. The van der Waals surface area contributed by atoms with Gasteiger partial charge in [0, 0.05) is 24.2 Å². The topological polar surface area (TPSA) is 42.2 Å². The van der Waals surface area contributed by atoms with Crippen LogP contribution < -0.4 is 5.32 Å². The summed E-state index contributed by atoms with van der Waals surface area (Å²) in [5.74, 6) is 1.74. The third kappa shape index (κ3) is 1.31. The summed E-state index contributed by atoms with van der Waals surface area (Å²) < 4.78 is 1.87. The Morgan fingerprint density at radius 3 is 2.75 bits per heavy atom. The highest BCUT2D eigenvalue weighted by Crippen LogP contribution is 2.24. The van der Waals surface area contributed by atoms with Gasteiger partial charge in [0.05, 0.1) is 5.52 Å². The van der Waals surface area contributed by atoms with E-state index in [-0.39, 0.29) is 0 Å². The van der Waals surface area contributed by atoms with Crippen LogP contribution in [0.2, 0.25) is 0 Å². The average molecular weight is 212 g/mol. The number of para-hydroxylation sites is 1. The van der Waals surface area contributed by atoms with Gasteiger partial charge in [0.2, 0.25) is 0 Å². The largest absolute Gasteiger partial charge is 0.323 e. The summed E-state index contributed by atoms with van der Waals surface area (Å²) in [6.45, 7) is 1.97. The molecule has 4 heteroatoms. The minimum absolute atomic E-state index is 0.862. The fourth-order valence-corrected chi connectivity index (χ4v) is 1.88. The van der Waals surface area contributed by atoms with Crippen LogP contribution in [-0.4, -0.2) is 15.5 Å². The lowest BCUT2D eigenvalue weighted by Gasteiger charge is -2.11. The number of aliphatic imine (C=N–C) groups is 1. The van der Waals surface area contributed by atoms with Gasteiger partial charge < -0.3 is 5.32 Å². The van der Waals surface area contributed by atoms with Crippen LogP contribution in [0.4, 0.5) is 5.82 Å². The number of rotatable bonds is 2. The van der Waals surface area contributed by atoms with Crippen molar-refractivity contribution in [2.75, 3.05) is 5.32 Å². The molecule has 1 aliphatic rings. The van der Waals surface area contributed by atoms with Crippen LogP contribution in [0.1, 0.15) is 6.92 Å². The van der Waals surface area contributed by atoms with Crippen LogP contribution in [0, 0.1) is 0 Å². The minimum Gasteiger partial charge on any atom is -0.323 e. The molecule has 1 aromatic carbocycles. The van der Waals surface area contributed by atoms with E-state index >= 15 is 0 Å². The molecule has 0 fully saturated rings. The molecule has 0 radical (unpaired) electrons. The molecule has 0 spiro atoms. The first kappa shape index (κ1) is 9.15. The Balaban J connectivity index is 2.01. The Kier molecular flexibility index (Phi) is 1.83. The van der Waals surface area contributed by atoms with Gasteiger partial charge in [0.1, 0.15) is 5.82 Å². The highest BCUT2D eigenvalue weighted by molar-refractivity contribution is 6.00. The maximum Gasteiger partial charge on any atom is 0.161 e. The Morgan fingerprint density at radius 2 is 2.00 bits per heavy atom. The SMILES string of the molecule is CC1=NC(Nc2nn(C)c3ccccc23)=C1. The number of allylic oxidation sites excluding steroid dienone is 1. The van der Waals surface area contributed by atoms with Crippen molar-refractivity contribution < 1.29 is 0 Å². The standard InChI is InChI=1S/C12H12N4/c1-8-7-11(13-8)14-12-9-5-3-4-6-10(9)16(2)15-12/h3-7H,1-2H3,(H,13,14,15). The Bertz CT molecular complexity index is 619. The number of fused-ring (bicyclic) bond motifs is 1. The van der Waals surface area contributed by atoms with Crippen molar-refractivity contribution in [3.05, 3.63) is 36.2 Å². The molecule has 1 N–H and O–H groups in total. The molecule has 16 heavy (non-hydrogen) atoms. The quantitative estimate of drug-likeness (QED) is 0.830. The van der Waals surface area contributed by atoms with Gasteiger partial charge in [-0.1, -0.05) is 12.1 Å². The van der Waals surface area contributed by atoms with Crippen molar-refractivity contribution >= 4 is 22.4 Å². The van der Waals surface area contributed by atoms with E-state index in [0.29, 0.717) is 0 Å².